The topological polar surface area (TPSA) is 22.1 Å². The number of hydrogen-bond acceptors (Lipinski definition) is 3. The average molecular weight is 287 g/mol. The fourth-order valence-electron chi connectivity index (χ4n) is 3.08. The van der Waals surface area contributed by atoms with E-state index in [1.807, 2.05) is 30.5 Å². The van der Waals surface area contributed by atoms with Crippen LogP contribution in [0.4, 0.5) is 0 Å². The number of nitrogens with zero attached hydrogens (tertiary/aromatic N) is 1. The van der Waals surface area contributed by atoms with Crippen molar-refractivity contribution in [3.8, 4) is 5.75 Å². The van der Waals surface area contributed by atoms with Gasteiger partial charge in [0.05, 0.1) is 12.1 Å². The van der Waals surface area contributed by atoms with E-state index in [-0.39, 0.29) is 5.41 Å². The summed E-state index contributed by atoms with van der Waals surface area (Å²) in [7, 11) is 0. The Balaban J connectivity index is 1.79. The molecule has 0 bridgehead atoms. The van der Waals surface area contributed by atoms with Gasteiger partial charge in [0.25, 0.3) is 0 Å². The molecule has 2 aromatic rings. The third-order valence-corrected chi connectivity index (χ3v) is 5.06. The fraction of sp³-hybridized carbons (Fsp3) is 0.471. The lowest BCUT2D eigenvalue weighted by atomic mass is 9.76. The Hall–Kier alpha value is -1.22. The first kappa shape index (κ1) is 13.7. The van der Waals surface area contributed by atoms with Gasteiger partial charge in [-0.15, -0.1) is 0 Å². The van der Waals surface area contributed by atoms with Crippen molar-refractivity contribution in [2.24, 2.45) is 5.41 Å². The van der Waals surface area contributed by atoms with Gasteiger partial charge in [0, 0.05) is 17.0 Å². The summed E-state index contributed by atoms with van der Waals surface area (Å²) >= 11 is 4.58. The molecule has 0 radical (unpaired) electrons. The lowest BCUT2D eigenvalue weighted by Crippen LogP contribution is -2.33. The molecule has 2 nitrogen and oxygen atoms in total. The molecule has 3 rings (SSSR count). The van der Waals surface area contributed by atoms with Crippen molar-refractivity contribution in [3.63, 3.8) is 0 Å². The molecule has 0 unspecified atom stereocenters. The lowest BCUT2D eigenvalue weighted by molar-refractivity contribution is 0.122. The molecule has 1 aromatic heterocycles. The van der Waals surface area contributed by atoms with E-state index in [2.05, 4.69) is 23.7 Å². The zero-order valence-corrected chi connectivity index (χ0v) is 12.6. The summed E-state index contributed by atoms with van der Waals surface area (Å²) in [4.78, 5) is 4.38. The molecule has 106 valence electrons. The summed E-state index contributed by atoms with van der Waals surface area (Å²) in [6.45, 7) is 0.768. The zero-order chi connectivity index (χ0) is 13.8. The van der Waals surface area contributed by atoms with Gasteiger partial charge in [-0.05, 0) is 42.9 Å². The molecule has 1 heterocycles. The van der Waals surface area contributed by atoms with Crippen LogP contribution in [0.15, 0.2) is 36.5 Å². The number of benzene rings is 1. The third-order valence-electron chi connectivity index (χ3n) is 4.39. The van der Waals surface area contributed by atoms with Crippen molar-refractivity contribution in [1.82, 2.24) is 4.98 Å². The first-order valence-electron chi connectivity index (χ1n) is 7.40. The van der Waals surface area contributed by atoms with Crippen molar-refractivity contribution in [3.05, 3.63) is 36.5 Å². The number of hydrogen-bond donors (Lipinski definition) is 1. The first-order chi connectivity index (χ1) is 9.83. The van der Waals surface area contributed by atoms with Crippen LogP contribution in [0.25, 0.3) is 10.9 Å². The van der Waals surface area contributed by atoms with E-state index in [1.54, 1.807) is 0 Å². The van der Waals surface area contributed by atoms with Crippen molar-refractivity contribution in [1.29, 1.82) is 0 Å². The zero-order valence-electron chi connectivity index (χ0n) is 11.7. The molecule has 0 N–H and O–H groups in total. The Kier molecular flexibility index (Phi) is 4.16. The minimum absolute atomic E-state index is 0.256. The number of pyridine rings is 1. The third kappa shape index (κ3) is 2.78. The highest BCUT2D eigenvalue weighted by atomic mass is 32.1. The molecule has 1 aromatic carbocycles. The van der Waals surface area contributed by atoms with Crippen LogP contribution in [0.2, 0.25) is 0 Å². The van der Waals surface area contributed by atoms with Crippen molar-refractivity contribution in [2.75, 3.05) is 12.4 Å². The summed E-state index contributed by atoms with van der Waals surface area (Å²) in [5, 5.41) is 1.10. The van der Waals surface area contributed by atoms with Gasteiger partial charge in [0.15, 0.2) is 0 Å². The standard InChI is InChI=1S/C17H21NOS/c20-13-17(9-2-1-3-10-17)12-19-16-8-4-7-15-14(16)6-5-11-18-15/h4-8,11,20H,1-3,9-10,12-13H2. The monoisotopic (exact) mass is 287 g/mol. The van der Waals surface area contributed by atoms with Crippen LogP contribution in [0.1, 0.15) is 32.1 Å². The van der Waals surface area contributed by atoms with E-state index in [0.717, 1.165) is 29.0 Å². The number of aromatic nitrogens is 1. The Bertz CT molecular complexity index is 573. The molecule has 0 amide bonds. The molecular formula is C17H21NOS. The van der Waals surface area contributed by atoms with Gasteiger partial charge in [0.1, 0.15) is 5.75 Å². The predicted molar refractivity (Wildman–Crippen MR) is 86.6 cm³/mol. The highest BCUT2D eigenvalue weighted by molar-refractivity contribution is 7.80. The van der Waals surface area contributed by atoms with Crippen molar-refractivity contribution < 1.29 is 4.74 Å². The Labute approximate surface area is 126 Å². The Morgan fingerprint density at radius 1 is 1.10 bits per heavy atom. The van der Waals surface area contributed by atoms with Crippen LogP contribution in [0, 0.1) is 5.41 Å². The minimum atomic E-state index is 0.256. The van der Waals surface area contributed by atoms with E-state index in [1.165, 1.54) is 32.1 Å². The predicted octanol–water partition coefficient (Wildman–Crippen LogP) is 4.49. The van der Waals surface area contributed by atoms with E-state index < -0.39 is 0 Å². The van der Waals surface area contributed by atoms with Crippen LogP contribution >= 0.6 is 12.6 Å². The second kappa shape index (κ2) is 6.04. The number of rotatable bonds is 4. The molecule has 3 heteroatoms. The summed E-state index contributed by atoms with van der Waals surface area (Å²) in [6, 6.07) is 10.1. The maximum absolute atomic E-state index is 6.16. The molecule has 0 saturated heterocycles. The number of ether oxygens (including phenoxy) is 1. The van der Waals surface area contributed by atoms with E-state index in [9.17, 15) is 0 Å². The summed E-state index contributed by atoms with van der Waals surface area (Å²) < 4.78 is 6.16. The molecule has 20 heavy (non-hydrogen) atoms. The van der Waals surface area contributed by atoms with E-state index >= 15 is 0 Å². The molecule has 1 saturated carbocycles. The van der Waals surface area contributed by atoms with E-state index in [0.29, 0.717) is 0 Å². The highest BCUT2D eigenvalue weighted by Gasteiger charge is 2.31. The van der Waals surface area contributed by atoms with E-state index in [4.69, 9.17) is 4.74 Å². The van der Waals surface area contributed by atoms with Gasteiger partial charge in [-0.3, -0.25) is 4.98 Å². The van der Waals surface area contributed by atoms with Crippen LogP contribution in [-0.4, -0.2) is 17.3 Å². The fourth-order valence-corrected chi connectivity index (χ4v) is 3.49. The molecule has 0 spiro atoms. The second-order valence-corrected chi connectivity index (χ2v) is 6.15. The second-order valence-electron chi connectivity index (χ2n) is 5.83. The molecule has 0 atom stereocenters. The lowest BCUT2D eigenvalue weighted by Gasteiger charge is -2.35. The molecule has 1 fully saturated rings. The number of fused-ring (bicyclic) bond motifs is 1. The van der Waals surface area contributed by atoms with Crippen molar-refractivity contribution in [2.45, 2.75) is 32.1 Å². The Morgan fingerprint density at radius 3 is 2.75 bits per heavy atom. The summed E-state index contributed by atoms with van der Waals surface area (Å²) in [6.07, 6.45) is 8.26. The first-order valence-corrected chi connectivity index (χ1v) is 8.04. The minimum Gasteiger partial charge on any atom is -0.492 e. The molecule has 1 aliphatic carbocycles. The molecular weight excluding hydrogens is 266 g/mol. The van der Waals surface area contributed by atoms with Crippen molar-refractivity contribution >= 4 is 23.5 Å². The SMILES string of the molecule is SCC1(COc2cccc3ncccc23)CCCCC1. The quantitative estimate of drug-likeness (QED) is 0.837. The van der Waals surface area contributed by atoms with Gasteiger partial charge in [-0.1, -0.05) is 25.3 Å². The normalized spacial score (nSPS) is 18.1. The average Bonchev–Trinajstić information content (AvgIpc) is 2.54. The highest BCUT2D eigenvalue weighted by Crippen LogP contribution is 2.38. The smallest absolute Gasteiger partial charge is 0.128 e. The van der Waals surface area contributed by atoms with Crippen LogP contribution in [0.5, 0.6) is 5.75 Å². The van der Waals surface area contributed by atoms with Gasteiger partial charge in [0.2, 0.25) is 0 Å². The molecule has 0 aliphatic heterocycles. The largest absolute Gasteiger partial charge is 0.492 e. The maximum atomic E-state index is 6.16. The van der Waals surface area contributed by atoms with Gasteiger partial charge in [-0.2, -0.15) is 12.6 Å². The number of thiol groups is 1. The van der Waals surface area contributed by atoms with Crippen LogP contribution < -0.4 is 4.74 Å². The van der Waals surface area contributed by atoms with Crippen LogP contribution in [0.3, 0.4) is 0 Å². The van der Waals surface area contributed by atoms with Gasteiger partial charge < -0.3 is 4.74 Å². The molecule has 1 aliphatic rings. The maximum Gasteiger partial charge on any atom is 0.128 e. The van der Waals surface area contributed by atoms with Gasteiger partial charge in [-0.25, -0.2) is 0 Å². The summed E-state index contributed by atoms with van der Waals surface area (Å²) in [5.74, 6) is 1.86. The van der Waals surface area contributed by atoms with Gasteiger partial charge >= 0.3 is 0 Å². The summed E-state index contributed by atoms with van der Waals surface area (Å²) in [5.41, 5.74) is 1.25. The Morgan fingerprint density at radius 2 is 1.95 bits per heavy atom. The van der Waals surface area contributed by atoms with Crippen LogP contribution in [-0.2, 0) is 0 Å².